The van der Waals surface area contributed by atoms with Crippen molar-refractivity contribution in [3.05, 3.63) is 54.0 Å². The summed E-state index contributed by atoms with van der Waals surface area (Å²) in [6, 6.07) is 10.4. The molecule has 1 aromatic carbocycles. The number of aryl methyl sites for hydroxylation is 1. The van der Waals surface area contributed by atoms with Crippen molar-refractivity contribution in [2.24, 2.45) is 5.92 Å². The lowest BCUT2D eigenvalue weighted by molar-refractivity contribution is 0.0946. The fraction of sp³-hybridized carbons (Fsp3) is 0.421. The van der Waals surface area contributed by atoms with Crippen LogP contribution in [0.4, 0.5) is 5.82 Å². The molecular weight excluding hydrogens is 300 g/mol. The van der Waals surface area contributed by atoms with Crippen molar-refractivity contribution in [3.8, 4) is 0 Å². The fourth-order valence-corrected chi connectivity index (χ4v) is 2.26. The summed E-state index contributed by atoms with van der Waals surface area (Å²) in [5, 5.41) is 6.09. The molecule has 0 atom stereocenters. The van der Waals surface area contributed by atoms with Crippen LogP contribution in [-0.4, -0.2) is 29.0 Å². The first kappa shape index (κ1) is 17.9. The number of hydrogen-bond donors (Lipinski definition) is 2. The molecule has 0 aliphatic rings. The standard InChI is InChI=1S/C19H26N4O/c1-15(2)10-12-21-19(24)17-13-23-18(14-22-17)20-11-6-9-16-7-4-3-5-8-16/h3-5,7-8,13-15H,6,9-12H2,1-2H3,(H,20,23)(H,21,24). The first-order valence-electron chi connectivity index (χ1n) is 8.53. The third-order valence-electron chi connectivity index (χ3n) is 3.68. The summed E-state index contributed by atoms with van der Waals surface area (Å²) < 4.78 is 0. The Morgan fingerprint density at radius 2 is 1.88 bits per heavy atom. The van der Waals surface area contributed by atoms with Crippen molar-refractivity contribution in [1.29, 1.82) is 0 Å². The van der Waals surface area contributed by atoms with E-state index < -0.39 is 0 Å². The minimum absolute atomic E-state index is 0.168. The van der Waals surface area contributed by atoms with Gasteiger partial charge >= 0.3 is 0 Å². The Bertz CT molecular complexity index is 611. The number of hydrogen-bond acceptors (Lipinski definition) is 4. The second-order valence-electron chi connectivity index (χ2n) is 6.24. The average Bonchev–Trinajstić information content (AvgIpc) is 2.60. The second kappa shape index (κ2) is 9.65. The van der Waals surface area contributed by atoms with E-state index in [0.29, 0.717) is 24.0 Å². The van der Waals surface area contributed by atoms with Gasteiger partial charge in [0.1, 0.15) is 11.5 Å². The molecule has 0 aliphatic carbocycles. The lowest BCUT2D eigenvalue weighted by Gasteiger charge is -2.08. The Hall–Kier alpha value is -2.43. The molecule has 0 saturated heterocycles. The molecule has 0 bridgehead atoms. The van der Waals surface area contributed by atoms with Gasteiger partial charge in [-0.05, 0) is 30.7 Å². The van der Waals surface area contributed by atoms with Gasteiger partial charge in [0.25, 0.3) is 5.91 Å². The molecule has 2 aromatic rings. The first-order valence-corrected chi connectivity index (χ1v) is 8.53. The predicted molar refractivity (Wildman–Crippen MR) is 97.1 cm³/mol. The maximum Gasteiger partial charge on any atom is 0.271 e. The number of anilines is 1. The largest absolute Gasteiger partial charge is 0.369 e. The number of rotatable bonds is 9. The van der Waals surface area contributed by atoms with Crippen molar-refractivity contribution in [1.82, 2.24) is 15.3 Å². The van der Waals surface area contributed by atoms with Crippen LogP contribution in [-0.2, 0) is 6.42 Å². The second-order valence-corrected chi connectivity index (χ2v) is 6.24. The number of amides is 1. The van der Waals surface area contributed by atoms with Crippen LogP contribution in [0.15, 0.2) is 42.7 Å². The van der Waals surface area contributed by atoms with E-state index in [1.54, 1.807) is 6.20 Å². The normalized spacial score (nSPS) is 10.6. The Labute approximate surface area is 143 Å². The molecule has 2 N–H and O–H groups in total. The van der Waals surface area contributed by atoms with Crippen LogP contribution in [0.1, 0.15) is 42.7 Å². The van der Waals surface area contributed by atoms with Gasteiger partial charge in [-0.2, -0.15) is 0 Å². The summed E-state index contributed by atoms with van der Waals surface area (Å²) in [5.41, 5.74) is 1.69. The number of nitrogens with zero attached hydrogens (tertiary/aromatic N) is 2. The van der Waals surface area contributed by atoms with Crippen LogP contribution >= 0.6 is 0 Å². The van der Waals surface area contributed by atoms with Crippen molar-refractivity contribution in [2.45, 2.75) is 33.1 Å². The van der Waals surface area contributed by atoms with Gasteiger partial charge in [-0.25, -0.2) is 9.97 Å². The van der Waals surface area contributed by atoms with Gasteiger partial charge in [0.2, 0.25) is 0 Å². The van der Waals surface area contributed by atoms with Gasteiger partial charge in [-0.3, -0.25) is 4.79 Å². The van der Waals surface area contributed by atoms with Gasteiger partial charge in [0.15, 0.2) is 0 Å². The topological polar surface area (TPSA) is 66.9 Å². The molecule has 1 aromatic heterocycles. The van der Waals surface area contributed by atoms with Crippen LogP contribution in [0, 0.1) is 5.92 Å². The van der Waals surface area contributed by atoms with Crippen LogP contribution in [0.3, 0.4) is 0 Å². The summed E-state index contributed by atoms with van der Waals surface area (Å²) in [6.45, 7) is 5.75. The quantitative estimate of drug-likeness (QED) is 0.694. The van der Waals surface area contributed by atoms with Crippen molar-refractivity contribution < 1.29 is 4.79 Å². The zero-order valence-corrected chi connectivity index (χ0v) is 14.5. The van der Waals surface area contributed by atoms with Crippen LogP contribution < -0.4 is 10.6 Å². The zero-order chi connectivity index (χ0) is 17.2. The molecule has 0 radical (unpaired) electrons. The van der Waals surface area contributed by atoms with Gasteiger partial charge < -0.3 is 10.6 Å². The molecule has 24 heavy (non-hydrogen) atoms. The van der Waals surface area contributed by atoms with E-state index in [1.807, 2.05) is 6.07 Å². The van der Waals surface area contributed by atoms with Crippen molar-refractivity contribution in [3.63, 3.8) is 0 Å². The summed E-state index contributed by atoms with van der Waals surface area (Å²) in [7, 11) is 0. The highest BCUT2D eigenvalue weighted by molar-refractivity contribution is 5.91. The number of benzene rings is 1. The van der Waals surface area contributed by atoms with E-state index in [2.05, 4.69) is 58.7 Å². The molecule has 0 spiro atoms. The van der Waals surface area contributed by atoms with Crippen molar-refractivity contribution >= 4 is 11.7 Å². The molecule has 0 fully saturated rings. The highest BCUT2D eigenvalue weighted by Gasteiger charge is 2.07. The summed E-state index contributed by atoms with van der Waals surface area (Å²) >= 11 is 0. The highest BCUT2D eigenvalue weighted by atomic mass is 16.1. The molecular formula is C19H26N4O. The molecule has 5 nitrogen and oxygen atoms in total. The Kier molecular flexibility index (Phi) is 7.21. The molecule has 1 amide bonds. The van der Waals surface area contributed by atoms with Gasteiger partial charge in [-0.1, -0.05) is 44.2 Å². The zero-order valence-electron chi connectivity index (χ0n) is 14.5. The number of carbonyl (C=O) groups is 1. The maximum atomic E-state index is 11.9. The molecule has 2 rings (SSSR count). The Morgan fingerprint density at radius 1 is 1.08 bits per heavy atom. The molecule has 128 valence electrons. The molecule has 0 unspecified atom stereocenters. The van der Waals surface area contributed by atoms with Gasteiger partial charge in [0.05, 0.1) is 12.4 Å². The summed E-state index contributed by atoms with van der Waals surface area (Å²) in [6.07, 6.45) is 6.13. The van der Waals surface area contributed by atoms with E-state index >= 15 is 0 Å². The third kappa shape index (κ3) is 6.36. The number of aromatic nitrogens is 2. The highest BCUT2D eigenvalue weighted by Crippen LogP contribution is 2.05. The van der Waals surface area contributed by atoms with Gasteiger partial charge in [0, 0.05) is 13.1 Å². The van der Waals surface area contributed by atoms with Crippen LogP contribution in [0.25, 0.3) is 0 Å². The minimum atomic E-state index is -0.168. The van der Waals surface area contributed by atoms with E-state index in [4.69, 9.17) is 0 Å². The maximum absolute atomic E-state index is 11.9. The lowest BCUT2D eigenvalue weighted by atomic mass is 10.1. The SMILES string of the molecule is CC(C)CCNC(=O)c1cnc(NCCCc2ccccc2)cn1. The van der Waals surface area contributed by atoms with E-state index in [9.17, 15) is 4.79 Å². The van der Waals surface area contributed by atoms with E-state index in [1.165, 1.54) is 11.8 Å². The van der Waals surface area contributed by atoms with Crippen LogP contribution in [0.2, 0.25) is 0 Å². The molecule has 1 heterocycles. The first-order chi connectivity index (χ1) is 11.6. The molecule has 5 heteroatoms. The summed E-state index contributed by atoms with van der Waals surface area (Å²) in [4.78, 5) is 20.3. The predicted octanol–water partition coefficient (Wildman–Crippen LogP) is 3.30. The third-order valence-corrected chi connectivity index (χ3v) is 3.68. The monoisotopic (exact) mass is 326 g/mol. The van der Waals surface area contributed by atoms with Gasteiger partial charge in [-0.15, -0.1) is 0 Å². The Morgan fingerprint density at radius 3 is 2.54 bits per heavy atom. The minimum Gasteiger partial charge on any atom is -0.369 e. The Balaban J connectivity index is 1.70. The average molecular weight is 326 g/mol. The van der Waals surface area contributed by atoms with Crippen molar-refractivity contribution in [2.75, 3.05) is 18.4 Å². The summed E-state index contributed by atoms with van der Waals surface area (Å²) in [5.74, 6) is 1.10. The number of carbonyl (C=O) groups excluding carboxylic acids is 1. The smallest absolute Gasteiger partial charge is 0.271 e. The molecule has 0 saturated carbocycles. The molecule has 0 aliphatic heterocycles. The number of nitrogens with one attached hydrogen (secondary N) is 2. The lowest BCUT2D eigenvalue weighted by Crippen LogP contribution is -2.26. The van der Waals surface area contributed by atoms with Crippen LogP contribution in [0.5, 0.6) is 0 Å². The van der Waals surface area contributed by atoms with E-state index in [0.717, 1.165) is 25.8 Å². The fourth-order valence-electron chi connectivity index (χ4n) is 2.26. The van der Waals surface area contributed by atoms with E-state index in [-0.39, 0.29) is 5.91 Å².